The van der Waals surface area contributed by atoms with Crippen LogP contribution in [0.5, 0.6) is 0 Å². The molecule has 1 fully saturated rings. The lowest BCUT2D eigenvalue weighted by molar-refractivity contribution is -0.168. The summed E-state index contributed by atoms with van der Waals surface area (Å²) in [6, 6.07) is 0. The molecule has 82 valence electrons. The van der Waals surface area contributed by atoms with Crippen molar-refractivity contribution >= 4 is 5.97 Å². The lowest BCUT2D eigenvalue weighted by Crippen LogP contribution is -2.50. The summed E-state index contributed by atoms with van der Waals surface area (Å²) >= 11 is 0. The summed E-state index contributed by atoms with van der Waals surface area (Å²) < 4.78 is 4.96. The largest absolute Gasteiger partial charge is 0.469 e. The van der Waals surface area contributed by atoms with Crippen molar-refractivity contribution in [3.05, 3.63) is 0 Å². The van der Waals surface area contributed by atoms with Crippen LogP contribution in [0.3, 0.4) is 0 Å². The Hall–Kier alpha value is -0.530. The third-order valence-corrected chi connectivity index (χ3v) is 4.44. The third-order valence-electron chi connectivity index (χ3n) is 4.44. The van der Waals surface area contributed by atoms with Gasteiger partial charge in [-0.2, -0.15) is 0 Å². The Morgan fingerprint density at radius 2 is 1.93 bits per heavy atom. The number of hydrogen-bond acceptors (Lipinski definition) is 2. The fourth-order valence-corrected chi connectivity index (χ4v) is 2.76. The molecular weight excluding hydrogens is 176 g/mol. The Morgan fingerprint density at radius 3 is 2.36 bits per heavy atom. The molecule has 0 saturated heterocycles. The molecule has 0 aromatic rings. The fraction of sp³-hybridized carbons (Fsp3) is 0.917. The summed E-state index contributed by atoms with van der Waals surface area (Å²) in [6.45, 7) is 8.58. The maximum absolute atomic E-state index is 11.9. The highest BCUT2D eigenvalue weighted by Crippen LogP contribution is 2.53. The molecule has 0 bridgehead atoms. The van der Waals surface area contributed by atoms with Gasteiger partial charge in [0.25, 0.3) is 0 Å². The Labute approximate surface area is 87.0 Å². The molecule has 2 heteroatoms. The van der Waals surface area contributed by atoms with Crippen LogP contribution in [0.1, 0.15) is 47.0 Å². The highest BCUT2D eigenvalue weighted by atomic mass is 16.5. The summed E-state index contributed by atoms with van der Waals surface area (Å²) in [5, 5.41) is 0. The zero-order valence-electron chi connectivity index (χ0n) is 10.0. The fourth-order valence-electron chi connectivity index (χ4n) is 2.76. The third kappa shape index (κ3) is 1.45. The number of carbonyl (C=O) groups excluding carboxylic acids is 1. The summed E-state index contributed by atoms with van der Waals surface area (Å²) in [4.78, 5) is 11.9. The van der Waals surface area contributed by atoms with Gasteiger partial charge in [0.05, 0.1) is 12.5 Å². The minimum atomic E-state index is -0.319. The zero-order chi connectivity index (χ0) is 11.0. The standard InChI is InChI=1S/C12H22O2/c1-9-7-6-8-11(2,3)12(9,4)10(13)14-5/h9H,6-8H2,1-5H3. The Morgan fingerprint density at radius 1 is 1.36 bits per heavy atom. The average Bonchev–Trinajstić information content (AvgIpc) is 2.12. The van der Waals surface area contributed by atoms with Crippen molar-refractivity contribution in [2.45, 2.75) is 47.0 Å². The predicted molar refractivity (Wildman–Crippen MR) is 56.9 cm³/mol. The first-order valence-electron chi connectivity index (χ1n) is 5.44. The van der Waals surface area contributed by atoms with Gasteiger partial charge in [-0.25, -0.2) is 0 Å². The number of hydrogen-bond donors (Lipinski definition) is 0. The van der Waals surface area contributed by atoms with Crippen molar-refractivity contribution in [1.29, 1.82) is 0 Å². The SMILES string of the molecule is COC(=O)C1(C)C(C)CCCC1(C)C. The second-order valence-electron chi connectivity index (χ2n) is 5.37. The Kier molecular flexibility index (Phi) is 2.93. The van der Waals surface area contributed by atoms with Crippen molar-refractivity contribution < 1.29 is 9.53 Å². The van der Waals surface area contributed by atoms with Gasteiger partial charge in [0, 0.05) is 0 Å². The minimum Gasteiger partial charge on any atom is -0.469 e. The van der Waals surface area contributed by atoms with Crippen molar-refractivity contribution in [3.8, 4) is 0 Å². The molecule has 1 aliphatic rings. The summed E-state index contributed by atoms with van der Waals surface area (Å²) in [7, 11) is 1.49. The molecule has 0 aliphatic heterocycles. The number of carbonyl (C=O) groups is 1. The highest BCUT2D eigenvalue weighted by molar-refractivity contribution is 5.77. The van der Waals surface area contributed by atoms with Crippen molar-refractivity contribution in [1.82, 2.24) is 0 Å². The van der Waals surface area contributed by atoms with E-state index in [1.165, 1.54) is 13.5 Å². The van der Waals surface area contributed by atoms with Gasteiger partial charge in [-0.05, 0) is 31.1 Å². The van der Waals surface area contributed by atoms with Crippen molar-refractivity contribution in [2.75, 3.05) is 7.11 Å². The Bertz CT molecular complexity index is 232. The smallest absolute Gasteiger partial charge is 0.312 e. The van der Waals surface area contributed by atoms with E-state index in [0.717, 1.165) is 12.8 Å². The molecule has 0 aromatic heterocycles. The first-order valence-corrected chi connectivity index (χ1v) is 5.44. The number of rotatable bonds is 1. The molecule has 2 nitrogen and oxygen atoms in total. The molecule has 14 heavy (non-hydrogen) atoms. The van der Waals surface area contributed by atoms with Crippen LogP contribution in [0.25, 0.3) is 0 Å². The molecule has 1 aliphatic carbocycles. The molecule has 0 radical (unpaired) electrons. The highest BCUT2D eigenvalue weighted by Gasteiger charge is 2.53. The number of methoxy groups -OCH3 is 1. The van der Waals surface area contributed by atoms with Crippen LogP contribution in [-0.2, 0) is 9.53 Å². The van der Waals surface area contributed by atoms with E-state index in [4.69, 9.17) is 4.74 Å². The topological polar surface area (TPSA) is 26.3 Å². The number of ether oxygens (including phenoxy) is 1. The second-order valence-corrected chi connectivity index (χ2v) is 5.37. The van der Waals surface area contributed by atoms with E-state index in [-0.39, 0.29) is 16.8 Å². The van der Waals surface area contributed by atoms with Gasteiger partial charge in [0.15, 0.2) is 0 Å². The molecule has 2 unspecified atom stereocenters. The van der Waals surface area contributed by atoms with E-state index in [2.05, 4.69) is 27.7 Å². The van der Waals surface area contributed by atoms with Gasteiger partial charge in [0.2, 0.25) is 0 Å². The van der Waals surface area contributed by atoms with Crippen LogP contribution < -0.4 is 0 Å². The molecule has 0 N–H and O–H groups in total. The van der Waals surface area contributed by atoms with Crippen molar-refractivity contribution in [3.63, 3.8) is 0 Å². The van der Waals surface area contributed by atoms with E-state index < -0.39 is 0 Å². The van der Waals surface area contributed by atoms with Gasteiger partial charge in [-0.1, -0.05) is 27.2 Å². The van der Waals surface area contributed by atoms with Gasteiger partial charge >= 0.3 is 5.97 Å². The molecular formula is C12H22O2. The van der Waals surface area contributed by atoms with E-state index in [0.29, 0.717) is 5.92 Å². The summed E-state index contributed by atoms with van der Waals surface area (Å²) in [6.07, 6.45) is 3.47. The first kappa shape index (κ1) is 11.5. The molecule has 2 atom stereocenters. The van der Waals surface area contributed by atoms with Crippen LogP contribution >= 0.6 is 0 Å². The molecule has 0 spiro atoms. The van der Waals surface area contributed by atoms with Gasteiger partial charge in [-0.15, -0.1) is 0 Å². The lowest BCUT2D eigenvalue weighted by atomic mass is 9.54. The molecule has 1 saturated carbocycles. The normalized spacial score (nSPS) is 36.5. The molecule has 0 amide bonds. The number of esters is 1. The molecule has 0 heterocycles. The van der Waals surface area contributed by atoms with E-state index in [1.54, 1.807) is 0 Å². The maximum Gasteiger partial charge on any atom is 0.312 e. The van der Waals surface area contributed by atoms with Crippen LogP contribution in [-0.4, -0.2) is 13.1 Å². The van der Waals surface area contributed by atoms with Crippen LogP contribution in [0.15, 0.2) is 0 Å². The van der Waals surface area contributed by atoms with Crippen molar-refractivity contribution in [2.24, 2.45) is 16.7 Å². The monoisotopic (exact) mass is 198 g/mol. The minimum absolute atomic E-state index is 0.0466. The summed E-state index contributed by atoms with van der Waals surface area (Å²) in [5.41, 5.74) is -0.266. The van der Waals surface area contributed by atoms with Gasteiger partial charge < -0.3 is 4.74 Å². The van der Waals surface area contributed by atoms with E-state index in [9.17, 15) is 4.79 Å². The van der Waals surface area contributed by atoms with Crippen LogP contribution in [0, 0.1) is 16.7 Å². The maximum atomic E-state index is 11.9. The second kappa shape index (κ2) is 3.56. The molecule has 0 aromatic carbocycles. The lowest BCUT2D eigenvalue weighted by Gasteiger charge is -2.49. The van der Waals surface area contributed by atoms with Gasteiger partial charge in [0.1, 0.15) is 0 Å². The Balaban J connectivity index is 3.05. The van der Waals surface area contributed by atoms with E-state index >= 15 is 0 Å². The quantitative estimate of drug-likeness (QED) is 0.605. The average molecular weight is 198 g/mol. The zero-order valence-corrected chi connectivity index (χ0v) is 10.0. The van der Waals surface area contributed by atoms with Crippen LogP contribution in [0.4, 0.5) is 0 Å². The van der Waals surface area contributed by atoms with Crippen LogP contribution in [0.2, 0.25) is 0 Å². The summed E-state index contributed by atoms with van der Waals surface area (Å²) in [5.74, 6) is 0.369. The predicted octanol–water partition coefficient (Wildman–Crippen LogP) is 3.01. The first-order chi connectivity index (χ1) is 6.36. The van der Waals surface area contributed by atoms with E-state index in [1.807, 2.05) is 0 Å². The molecule has 1 rings (SSSR count). The van der Waals surface area contributed by atoms with Gasteiger partial charge in [-0.3, -0.25) is 4.79 Å².